The van der Waals surface area contributed by atoms with Crippen LogP contribution in [0.1, 0.15) is 0 Å². The van der Waals surface area contributed by atoms with E-state index in [-0.39, 0.29) is 23.0 Å². The van der Waals surface area contributed by atoms with Crippen molar-refractivity contribution in [1.29, 1.82) is 0 Å². The molecule has 0 aromatic rings. The summed E-state index contributed by atoms with van der Waals surface area (Å²) in [4.78, 5) is 0. The molecule has 0 saturated carbocycles. The van der Waals surface area contributed by atoms with Crippen molar-refractivity contribution in [2.75, 3.05) is 37.2 Å². The molecule has 0 spiro atoms. The SMILES string of the molecule is CO[C@@H]1OC(CS)[C@@H](O[C@@H]2OC(CSOC3C(O)[C@@H](O)C(CS)O[C@H]3O[C@@H]3C(CS)O[C@@H](OC)C(O)C3O)[C@@H](O)C(O)C2O)C(O)C1O. The number of hydrogen-bond donors (Lipinski definition) is 12. The lowest BCUT2D eigenvalue weighted by atomic mass is 9.97. The molecule has 9 N–H and O–H groups in total. The van der Waals surface area contributed by atoms with Crippen molar-refractivity contribution in [3.8, 4) is 0 Å². The van der Waals surface area contributed by atoms with E-state index in [2.05, 4.69) is 37.9 Å². The molecule has 0 bridgehead atoms. The van der Waals surface area contributed by atoms with Gasteiger partial charge in [0.15, 0.2) is 31.3 Å². The maximum atomic E-state index is 11.0. The summed E-state index contributed by atoms with van der Waals surface area (Å²) in [7, 11) is 2.56. The van der Waals surface area contributed by atoms with Crippen LogP contribution in [0.2, 0.25) is 0 Å². The second kappa shape index (κ2) is 18.6. The lowest BCUT2D eigenvalue weighted by Crippen LogP contribution is -2.64. The summed E-state index contributed by atoms with van der Waals surface area (Å²) in [5.41, 5.74) is 0. The third-order valence-corrected chi connectivity index (χ3v) is 10.5. The molecule has 0 amide bonds. The highest BCUT2D eigenvalue weighted by Crippen LogP contribution is 2.35. The molecule has 0 aliphatic carbocycles. The normalized spacial score (nSPS) is 50.4. The number of thiol groups is 3. The van der Waals surface area contributed by atoms with Crippen LogP contribution >= 0.6 is 49.9 Å². The van der Waals surface area contributed by atoms with Gasteiger partial charge in [-0.1, -0.05) is 0 Å². The Morgan fingerprint density at radius 1 is 0.458 bits per heavy atom. The zero-order chi connectivity index (χ0) is 35.4. The van der Waals surface area contributed by atoms with E-state index in [0.717, 1.165) is 0 Å². The van der Waals surface area contributed by atoms with Gasteiger partial charge in [-0.3, -0.25) is 0 Å². The van der Waals surface area contributed by atoms with E-state index in [1.165, 1.54) is 14.2 Å². The Morgan fingerprint density at radius 3 is 1.33 bits per heavy atom. The van der Waals surface area contributed by atoms with Crippen molar-refractivity contribution >= 4 is 49.9 Å². The fraction of sp³-hybridized carbons (Fsp3) is 1.00. The van der Waals surface area contributed by atoms with Crippen molar-refractivity contribution in [2.24, 2.45) is 0 Å². The van der Waals surface area contributed by atoms with Crippen LogP contribution in [0.25, 0.3) is 0 Å². The summed E-state index contributed by atoms with van der Waals surface area (Å²) in [6.45, 7) is 0. The molecule has 4 aliphatic rings. The fourth-order valence-electron chi connectivity index (χ4n) is 5.76. The number of methoxy groups -OCH3 is 2. The third-order valence-electron chi connectivity index (χ3n) is 8.59. The van der Waals surface area contributed by atoms with E-state index in [1.807, 2.05) is 0 Å². The van der Waals surface area contributed by atoms with Gasteiger partial charge < -0.3 is 88.0 Å². The van der Waals surface area contributed by atoms with Crippen molar-refractivity contribution in [2.45, 2.75) is 123 Å². The molecular formula is C26H46O18S4. The molecule has 0 aromatic carbocycles. The van der Waals surface area contributed by atoms with Crippen molar-refractivity contribution < 1.29 is 88.0 Å². The zero-order valence-electron chi connectivity index (χ0n) is 25.8. The zero-order valence-corrected chi connectivity index (χ0v) is 29.3. The highest BCUT2D eigenvalue weighted by molar-refractivity contribution is 7.94. The van der Waals surface area contributed by atoms with Crippen molar-refractivity contribution in [1.82, 2.24) is 0 Å². The van der Waals surface area contributed by atoms with Gasteiger partial charge in [-0.15, -0.1) is 0 Å². The molecule has 4 saturated heterocycles. The lowest BCUT2D eigenvalue weighted by molar-refractivity contribution is -0.349. The molecule has 4 fully saturated rings. The molecule has 0 radical (unpaired) electrons. The minimum atomic E-state index is -1.79. The fourth-order valence-corrected chi connectivity index (χ4v) is 7.50. The highest BCUT2D eigenvalue weighted by atomic mass is 32.2. The Kier molecular flexibility index (Phi) is 16.1. The van der Waals surface area contributed by atoms with E-state index in [0.29, 0.717) is 12.0 Å². The first-order valence-electron chi connectivity index (χ1n) is 15.0. The van der Waals surface area contributed by atoms with E-state index in [1.54, 1.807) is 0 Å². The van der Waals surface area contributed by atoms with Gasteiger partial charge in [0.1, 0.15) is 73.2 Å². The third kappa shape index (κ3) is 8.89. The van der Waals surface area contributed by atoms with Crippen LogP contribution in [0, 0.1) is 0 Å². The second-order valence-electron chi connectivity index (χ2n) is 11.7. The van der Waals surface area contributed by atoms with Crippen LogP contribution < -0.4 is 0 Å². The first kappa shape index (κ1) is 41.4. The molecule has 4 heterocycles. The average molecular weight is 775 g/mol. The van der Waals surface area contributed by atoms with Crippen LogP contribution in [0.5, 0.6) is 0 Å². The Balaban J connectivity index is 1.44. The number of ether oxygens (including phenoxy) is 8. The Labute approximate surface area is 297 Å². The van der Waals surface area contributed by atoms with Gasteiger partial charge in [-0.05, 0) is 12.0 Å². The first-order chi connectivity index (χ1) is 22.8. The molecule has 20 atom stereocenters. The second-order valence-corrected chi connectivity index (χ2v) is 13.5. The van der Waals surface area contributed by atoms with Gasteiger partial charge in [0.25, 0.3) is 0 Å². The molecule has 12 unspecified atom stereocenters. The van der Waals surface area contributed by atoms with Gasteiger partial charge in [0, 0.05) is 37.2 Å². The summed E-state index contributed by atoms with van der Waals surface area (Å²) in [5, 5.41) is 95.8. The van der Waals surface area contributed by atoms with E-state index >= 15 is 0 Å². The Hall–Kier alpha value is 0.680. The first-order valence-corrected chi connectivity index (χ1v) is 17.9. The van der Waals surface area contributed by atoms with Crippen molar-refractivity contribution in [3.63, 3.8) is 0 Å². The van der Waals surface area contributed by atoms with E-state index in [4.69, 9.17) is 42.1 Å². The van der Waals surface area contributed by atoms with E-state index in [9.17, 15) is 46.0 Å². The lowest BCUT2D eigenvalue weighted by Gasteiger charge is -2.47. The number of aliphatic hydroxyl groups excluding tert-OH is 9. The minimum Gasteiger partial charge on any atom is -0.388 e. The monoisotopic (exact) mass is 774 g/mol. The number of rotatable bonds is 13. The summed E-state index contributed by atoms with van der Waals surface area (Å²) in [5.74, 6) is -0.256. The van der Waals surface area contributed by atoms with Gasteiger partial charge in [-0.2, -0.15) is 37.9 Å². The predicted octanol–water partition coefficient (Wildman–Crippen LogP) is -4.98. The molecular weight excluding hydrogens is 729 g/mol. The number of hydrogen-bond acceptors (Lipinski definition) is 22. The highest BCUT2D eigenvalue weighted by Gasteiger charge is 2.53. The summed E-state index contributed by atoms with van der Waals surface area (Å²) < 4.78 is 50.4. The molecule has 282 valence electrons. The van der Waals surface area contributed by atoms with Crippen LogP contribution in [-0.4, -0.2) is 206 Å². The molecule has 48 heavy (non-hydrogen) atoms. The smallest absolute Gasteiger partial charge is 0.188 e. The summed E-state index contributed by atoms with van der Waals surface area (Å²) in [6.07, 6.45) is -28.0. The topological polar surface area (TPSA) is 265 Å². The van der Waals surface area contributed by atoms with Gasteiger partial charge in [0.2, 0.25) is 0 Å². The summed E-state index contributed by atoms with van der Waals surface area (Å²) in [6, 6.07) is 0. The van der Waals surface area contributed by atoms with Gasteiger partial charge in [0.05, 0.1) is 18.3 Å². The average Bonchev–Trinajstić information content (AvgIpc) is 3.08. The van der Waals surface area contributed by atoms with Crippen molar-refractivity contribution in [3.05, 3.63) is 0 Å². The Morgan fingerprint density at radius 2 is 0.854 bits per heavy atom. The predicted molar refractivity (Wildman–Crippen MR) is 171 cm³/mol. The Bertz CT molecular complexity index is 978. The number of aliphatic hydroxyl groups is 9. The molecule has 22 heteroatoms. The summed E-state index contributed by atoms with van der Waals surface area (Å²) >= 11 is 13.2. The molecule has 0 aromatic heterocycles. The largest absolute Gasteiger partial charge is 0.388 e. The quantitative estimate of drug-likeness (QED) is 0.0618. The molecule has 4 rings (SSSR count). The molecule has 18 nitrogen and oxygen atoms in total. The maximum Gasteiger partial charge on any atom is 0.188 e. The standard InChI is InChI=1S/C26H46O18S4/c1-36-23-18(34)15(31)20(8(4-46)39-23)42-25-17(33)13(29)12(28)10(41-25)6-48-44-22-14(30)11(27)7(3-45)38-26(22)43-21-9(5-47)40-24(37-2)19(35)16(21)32/h7-35,45-47H,3-6H2,1-2H3/t7?,8?,9?,10?,11-,12+,13?,14?,15?,16?,17?,18?,19?,20+,21+,22?,23+,24+,25-,26-/m0/s1. The molecule has 4 aliphatic heterocycles. The van der Waals surface area contributed by atoms with Crippen LogP contribution in [0.4, 0.5) is 0 Å². The minimum absolute atomic E-state index is 0.00897. The van der Waals surface area contributed by atoms with Crippen LogP contribution in [0.3, 0.4) is 0 Å². The maximum absolute atomic E-state index is 11.0. The van der Waals surface area contributed by atoms with Gasteiger partial charge >= 0.3 is 0 Å². The van der Waals surface area contributed by atoms with E-state index < -0.39 is 123 Å². The van der Waals surface area contributed by atoms with Gasteiger partial charge in [-0.25, -0.2) is 0 Å². The van der Waals surface area contributed by atoms with Crippen LogP contribution in [-0.2, 0) is 42.1 Å². The van der Waals surface area contributed by atoms with Crippen LogP contribution in [0.15, 0.2) is 0 Å².